The molecule has 1 unspecified atom stereocenters. The van der Waals surface area contributed by atoms with Gasteiger partial charge in [-0.2, -0.15) is 18.3 Å². The first-order valence-corrected chi connectivity index (χ1v) is 9.73. The van der Waals surface area contributed by atoms with E-state index in [0.717, 1.165) is 31.0 Å². The van der Waals surface area contributed by atoms with Crippen molar-refractivity contribution in [1.82, 2.24) is 25.4 Å². The number of hydrogen-bond acceptors (Lipinski definition) is 5. The second-order valence-electron chi connectivity index (χ2n) is 7.04. The standard InChI is InChI=1S/C21H22F3N5O/c22-21(23,24)16-6-4-5-15(13-16)19-26-20(28-27-19)18-14-25-9-10-29(18)11-12-30-17-7-2-1-3-8-17/h1-8,13,18,25H,9-12,14H2,(H,26,27,28). The number of piperazine rings is 1. The van der Waals surface area contributed by atoms with Gasteiger partial charge in [0, 0.05) is 31.7 Å². The molecular formula is C21H22F3N5O. The van der Waals surface area contributed by atoms with Crippen molar-refractivity contribution in [2.24, 2.45) is 0 Å². The largest absolute Gasteiger partial charge is 0.492 e. The number of aromatic nitrogens is 3. The molecule has 1 fully saturated rings. The lowest BCUT2D eigenvalue weighted by atomic mass is 10.1. The molecule has 0 bridgehead atoms. The molecule has 1 aliphatic rings. The fourth-order valence-corrected chi connectivity index (χ4v) is 3.47. The first-order valence-electron chi connectivity index (χ1n) is 9.73. The van der Waals surface area contributed by atoms with Crippen molar-refractivity contribution < 1.29 is 17.9 Å². The summed E-state index contributed by atoms with van der Waals surface area (Å²) in [5.41, 5.74) is -0.388. The van der Waals surface area contributed by atoms with Gasteiger partial charge < -0.3 is 10.1 Å². The van der Waals surface area contributed by atoms with Crippen molar-refractivity contribution in [3.63, 3.8) is 0 Å². The molecule has 1 saturated heterocycles. The molecule has 0 saturated carbocycles. The van der Waals surface area contributed by atoms with Gasteiger partial charge in [-0.1, -0.05) is 30.3 Å². The second-order valence-corrected chi connectivity index (χ2v) is 7.04. The predicted molar refractivity (Wildman–Crippen MR) is 106 cm³/mol. The fraction of sp³-hybridized carbons (Fsp3) is 0.333. The van der Waals surface area contributed by atoms with Gasteiger partial charge >= 0.3 is 6.18 Å². The molecular weight excluding hydrogens is 395 g/mol. The van der Waals surface area contributed by atoms with E-state index in [2.05, 4.69) is 25.4 Å². The van der Waals surface area contributed by atoms with Gasteiger partial charge in [-0.05, 0) is 24.3 Å². The lowest BCUT2D eigenvalue weighted by Gasteiger charge is -2.34. The Morgan fingerprint density at radius 2 is 1.93 bits per heavy atom. The Hall–Kier alpha value is -2.91. The van der Waals surface area contributed by atoms with Gasteiger partial charge in [0.05, 0.1) is 11.6 Å². The SMILES string of the molecule is FC(F)(F)c1cccc(-c2n[nH]c(C3CNCCN3CCOc3ccccc3)n2)c1. The number of nitrogens with zero attached hydrogens (tertiary/aromatic N) is 3. The van der Waals surface area contributed by atoms with Gasteiger partial charge in [0.15, 0.2) is 5.82 Å². The van der Waals surface area contributed by atoms with Crippen LogP contribution in [0.3, 0.4) is 0 Å². The minimum atomic E-state index is -4.40. The van der Waals surface area contributed by atoms with E-state index in [4.69, 9.17) is 4.74 Å². The van der Waals surface area contributed by atoms with Gasteiger partial charge in [0.1, 0.15) is 18.2 Å². The summed E-state index contributed by atoms with van der Waals surface area (Å²) in [5.74, 6) is 1.69. The molecule has 1 aliphatic heterocycles. The Labute approximate surface area is 172 Å². The van der Waals surface area contributed by atoms with Crippen molar-refractivity contribution in [2.45, 2.75) is 12.2 Å². The molecule has 9 heteroatoms. The molecule has 158 valence electrons. The number of ether oxygens (including phenoxy) is 1. The van der Waals surface area contributed by atoms with E-state index in [1.54, 1.807) is 6.07 Å². The van der Waals surface area contributed by atoms with Crippen LogP contribution >= 0.6 is 0 Å². The second kappa shape index (κ2) is 8.85. The number of nitrogens with one attached hydrogen (secondary N) is 2. The van der Waals surface area contributed by atoms with E-state index in [1.807, 2.05) is 30.3 Å². The lowest BCUT2D eigenvalue weighted by molar-refractivity contribution is -0.137. The van der Waals surface area contributed by atoms with Gasteiger partial charge in [-0.15, -0.1) is 0 Å². The highest BCUT2D eigenvalue weighted by molar-refractivity contribution is 5.56. The Balaban J connectivity index is 1.45. The van der Waals surface area contributed by atoms with Crippen molar-refractivity contribution in [3.8, 4) is 17.1 Å². The van der Waals surface area contributed by atoms with Gasteiger partial charge in [-0.3, -0.25) is 10.00 Å². The molecule has 30 heavy (non-hydrogen) atoms. The first kappa shape index (κ1) is 20.4. The molecule has 3 aromatic rings. The Kier molecular flexibility index (Phi) is 6.01. The summed E-state index contributed by atoms with van der Waals surface area (Å²) in [6.07, 6.45) is -4.40. The van der Waals surface area contributed by atoms with Crippen LogP contribution in [-0.4, -0.2) is 52.9 Å². The Bertz CT molecular complexity index is 961. The van der Waals surface area contributed by atoms with Crippen LogP contribution in [0.2, 0.25) is 0 Å². The smallest absolute Gasteiger partial charge is 0.416 e. The van der Waals surface area contributed by atoms with E-state index in [0.29, 0.717) is 31.1 Å². The third kappa shape index (κ3) is 4.80. The molecule has 0 amide bonds. The number of alkyl halides is 3. The van der Waals surface area contributed by atoms with Crippen LogP contribution in [0, 0.1) is 0 Å². The van der Waals surface area contributed by atoms with Crippen LogP contribution in [0.15, 0.2) is 54.6 Å². The fourth-order valence-electron chi connectivity index (χ4n) is 3.47. The highest BCUT2D eigenvalue weighted by Crippen LogP contribution is 2.31. The van der Waals surface area contributed by atoms with Crippen molar-refractivity contribution >= 4 is 0 Å². The third-order valence-electron chi connectivity index (χ3n) is 5.01. The monoisotopic (exact) mass is 417 g/mol. The summed E-state index contributed by atoms with van der Waals surface area (Å²) in [6.45, 7) is 3.54. The van der Waals surface area contributed by atoms with Crippen LogP contribution in [0.4, 0.5) is 13.2 Å². The Morgan fingerprint density at radius 3 is 2.73 bits per heavy atom. The van der Waals surface area contributed by atoms with Crippen LogP contribution in [-0.2, 0) is 6.18 Å². The van der Waals surface area contributed by atoms with Crippen molar-refractivity contribution in [2.75, 3.05) is 32.8 Å². The number of hydrogen-bond donors (Lipinski definition) is 2. The summed E-state index contributed by atoms with van der Waals surface area (Å²) in [7, 11) is 0. The van der Waals surface area contributed by atoms with Gasteiger partial charge in [0.2, 0.25) is 0 Å². The van der Waals surface area contributed by atoms with Crippen LogP contribution in [0.5, 0.6) is 5.75 Å². The van der Waals surface area contributed by atoms with E-state index < -0.39 is 11.7 Å². The molecule has 2 aromatic carbocycles. The predicted octanol–water partition coefficient (Wildman–Crippen LogP) is 3.52. The molecule has 2 N–H and O–H groups in total. The number of halogens is 3. The molecule has 1 atom stereocenters. The van der Waals surface area contributed by atoms with Crippen molar-refractivity contribution in [1.29, 1.82) is 0 Å². The highest BCUT2D eigenvalue weighted by atomic mass is 19.4. The maximum atomic E-state index is 13.0. The summed E-state index contributed by atoms with van der Waals surface area (Å²) >= 11 is 0. The van der Waals surface area contributed by atoms with E-state index in [9.17, 15) is 13.2 Å². The molecule has 2 heterocycles. The van der Waals surface area contributed by atoms with E-state index in [1.165, 1.54) is 6.07 Å². The minimum absolute atomic E-state index is 0.0647. The summed E-state index contributed by atoms with van der Waals surface area (Å²) in [5, 5.41) is 10.4. The average molecular weight is 417 g/mol. The third-order valence-corrected chi connectivity index (χ3v) is 5.01. The number of H-pyrrole nitrogens is 1. The topological polar surface area (TPSA) is 66.1 Å². The summed E-state index contributed by atoms with van der Waals surface area (Å²) in [4.78, 5) is 6.72. The summed E-state index contributed by atoms with van der Waals surface area (Å²) in [6, 6.07) is 14.6. The van der Waals surface area contributed by atoms with Crippen LogP contribution in [0.25, 0.3) is 11.4 Å². The molecule has 1 aromatic heterocycles. The van der Waals surface area contributed by atoms with E-state index in [-0.39, 0.29) is 11.9 Å². The quantitative estimate of drug-likeness (QED) is 0.643. The van der Waals surface area contributed by atoms with E-state index >= 15 is 0 Å². The lowest BCUT2D eigenvalue weighted by Crippen LogP contribution is -2.47. The van der Waals surface area contributed by atoms with Crippen molar-refractivity contribution in [3.05, 3.63) is 66.0 Å². The normalized spacial score (nSPS) is 17.8. The number of rotatable bonds is 6. The Morgan fingerprint density at radius 1 is 1.10 bits per heavy atom. The zero-order chi connectivity index (χ0) is 21.0. The number of para-hydroxylation sites is 1. The summed E-state index contributed by atoms with van der Waals surface area (Å²) < 4.78 is 44.8. The molecule has 4 rings (SSSR count). The maximum absolute atomic E-state index is 13.0. The van der Waals surface area contributed by atoms with Crippen LogP contribution in [0.1, 0.15) is 17.4 Å². The molecule has 0 aliphatic carbocycles. The first-order chi connectivity index (χ1) is 14.5. The zero-order valence-electron chi connectivity index (χ0n) is 16.2. The molecule has 0 radical (unpaired) electrons. The van der Waals surface area contributed by atoms with Gasteiger partial charge in [0.25, 0.3) is 0 Å². The average Bonchev–Trinajstić information content (AvgIpc) is 3.25. The minimum Gasteiger partial charge on any atom is -0.492 e. The maximum Gasteiger partial charge on any atom is 0.416 e. The molecule has 6 nitrogen and oxygen atoms in total. The zero-order valence-corrected chi connectivity index (χ0v) is 16.2. The number of aromatic amines is 1. The van der Waals surface area contributed by atoms with Crippen LogP contribution < -0.4 is 10.1 Å². The highest BCUT2D eigenvalue weighted by Gasteiger charge is 2.31. The number of benzene rings is 2. The van der Waals surface area contributed by atoms with Gasteiger partial charge in [-0.25, -0.2) is 4.98 Å². The molecule has 0 spiro atoms.